The molecule has 0 heterocycles. The SMILES string of the molecule is OCC(CNC1CCC1)C1CCCCC1. The number of aliphatic hydroxyl groups is 1. The van der Waals surface area contributed by atoms with Gasteiger partial charge in [0, 0.05) is 19.2 Å². The molecule has 2 saturated carbocycles. The van der Waals surface area contributed by atoms with Crippen LogP contribution < -0.4 is 5.32 Å². The van der Waals surface area contributed by atoms with Crippen LogP contribution in [0.25, 0.3) is 0 Å². The van der Waals surface area contributed by atoms with E-state index in [2.05, 4.69) is 5.32 Å². The summed E-state index contributed by atoms with van der Waals surface area (Å²) in [5, 5.41) is 13.0. The zero-order chi connectivity index (χ0) is 10.5. The van der Waals surface area contributed by atoms with Crippen molar-refractivity contribution in [1.29, 1.82) is 0 Å². The van der Waals surface area contributed by atoms with Crippen molar-refractivity contribution in [2.75, 3.05) is 13.2 Å². The van der Waals surface area contributed by atoms with Gasteiger partial charge in [0.1, 0.15) is 0 Å². The van der Waals surface area contributed by atoms with Crippen LogP contribution in [0, 0.1) is 11.8 Å². The van der Waals surface area contributed by atoms with Crippen molar-refractivity contribution < 1.29 is 5.11 Å². The molecule has 1 atom stereocenters. The molecule has 2 N–H and O–H groups in total. The highest BCUT2D eigenvalue weighted by molar-refractivity contribution is 4.80. The minimum atomic E-state index is 0.379. The van der Waals surface area contributed by atoms with Gasteiger partial charge in [0.05, 0.1) is 0 Å². The summed E-state index contributed by atoms with van der Waals surface area (Å²) in [5.41, 5.74) is 0. The third kappa shape index (κ3) is 3.18. The lowest BCUT2D eigenvalue weighted by atomic mass is 9.80. The van der Waals surface area contributed by atoms with Crippen LogP contribution in [0.5, 0.6) is 0 Å². The fourth-order valence-corrected chi connectivity index (χ4v) is 2.92. The first-order valence-electron chi connectivity index (χ1n) is 6.74. The van der Waals surface area contributed by atoms with Crippen LogP contribution in [0.3, 0.4) is 0 Å². The topological polar surface area (TPSA) is 32.3 Å². The number of aliphatic hydroxyl groups excluding tert-OH is 1. The Bertz CT molecular complexity index is 173. The van der Waals surface area contributed by atoms with E-state index in [1.165, 1.54) is 51.4 Å². The molecular formula is C13H25NO. The fraction of sp³-hybridized carbons (Fsp3) is 1.00. The van der Waals surface area contributed by atoms with Crippen molar-refractivity contribution in [3.8, 4) is 0 Å². The van der Waals surface area contributed by atoms with Gasteiger partial charge in [-0.1, -0.05) is 38.5 Å². The van der Waals surface area contributed by atoms with Crippen molar-refractivity contribution in [2.24, 2.45) is 11.8 Å². The van der Waals surface area contributed by atoms with Crippen molar-refractivity contribution in [3.05, 3.63) is 0 Å². The van der Waals surface area contributed by atoms with Crippen LogP contribution >= 0.6 is 0 Å². The van der Waals surface area contributed by atoms with E-state index in [0.717, 1.165) is 18.5 Å². The molecule has 2 aliphatic carbocycles. The molecule has 0 aromatic carbocycles. The molecule has 0 amide bonds. The Morgan fingerprint density at radius 3 is 2.27 bits per heavy atom. The Labute approximate surface area is 93.5 Å². The molecule has 2 nitrogen and oxygen atoms in total. The average Bonchev–Trinajstić information content (AvgIpc) is 2.23. The Morgan fingerprint density at radius 2 is 1.73 bits per heavy atom. The molecule has 0 bridgehead atoms. The second-order valence-corrected chi connectivity index (χ2v) is 5.38. The van der Waals surface area contributed by atoms with E-state index >= 15 is 0 Å². The van der Waals surface area contributed by atoms with Crippen LogP contribution in [-0.2, 0) is 0 Å². The van der Waals surface area contributed by atoms with Gasteiger partial charge in [-0.2, -0.15) is 0 Å². The molecule has 0 radical (unpaired) electrons. The first-order valence-corrected chi connectivity index (χ1v) is 6.74. The summed E-state index contributed by atoms with van der Waals surface area (Å²) in [5.74, 6) is 1.31. The molecule has 2 heteroatoms. The van der Waals surface area contributed by atoms with E-state index in [-0.39, 0.29) is 0 Å². The number of rotatable bonds is 5. The maximum atomic E-state index is 9.44. The second kappa shape index (κ2) is 5.86. The predicted octanol–water partition coefficient (Wildman–Crippen LogP) is 2.32. The van der Waals surface area contributed by atoms with E-state index < -0.39 is 0 Å². The summed E-state index contributed by atoms with van der Waals surface area (Å²) in [6.45, 7) is 1.43. The summed E-state index contributed by atoms with van der Waals surface area (Å²) >= 11 is 0. The van der Waals surface area contributed by atoms with E-state index in [1.54, 1.807) is 0 Å². The van der Waals surface area contributed by atoms with Crippen LogP contribution in [0.1, 0.15) is 51.4 Å². The van der Waals surface area contributed by atoms with Crippen LogP contribution in [0.15, 0.2) is 0 Å². The van der Waals surface area contributed by atoms with Gasteiger partial charge in [-0.3, -0.25) is 0 Å². The van der Waals surface area contributed by atoms with Crippen LogP contribution in [-0.4, -0.2) is 24.3 Å². The summed E-state index contributed by atoms with van der Waals surface area (Å²) < 4.78 is 0. The monoisotopic (exact) mass is 211 g/mol. The number of hydrogen-bond donors (Lipinski definition) is 2. The summed E-state index contributed by atoms with van der Waals surface area (Å²) in [4.78, 5) is 0. The van der Waals surface area contributed by atoms with Gasteiger partial charge in [0.15, 0.2) is 0 Å². The minimum Gasteiger partial charge on any atom is -0.396 e. The van der Waals surface area contributed by atoms with Gasteiger partial charge >= 0.3 is 0 Å². The lowest BCUT2D eigenvalue weighted by Crippen LogP contribution is -2.41. The summed E-state index contributed by atoms with van der Waals surface area (Å²) in [7, 11) is 0. The lowest BCUT2D eigenvalue weighted by Gasteiger charge is -2.33. The quantitative estimate of drug-likeness (QED) is 0.731. The molecule has 0 saturated heterocycles. The predicted molar refractivity (Wildman–Crippen MR) is 62.8 cm³/mol. The summed E-state index contributed by atoms with van der Waals surface area (Å²) in [6, 6.07) is 0.766. The standard InChI is InChI=1S/C13H25NO/c15-10-12(9-14-13-7-4-8-13)11-5-2-1-3-6-11/h11-15H,1-10H2. The van der Waals surface area contributed by atoms with Gasteiger partial charge in [-0.05, 0) is 24.7 Å². The molecule has 0 spiro atoms. The number of hydrogen-bond acceptors (Lipinski definition) is 2. The van der Waals surface area contributed by atoms with E-state index in [0.29, 0.717) is 12.5 Å². The van der Waals surface area contributed by atoms with Crippen LogP contribution in [0.2, 0.25) is 0 Å². The molecule has 15 heavy (non-hydrogen) atoms. The molecule has 2 fully saturated rings. The maximum absolute atomic E-state index is 9.44. The minimum absolute atomic E-state index is 0.379. The maximum Gasteiger partial charge on any atom is 0.0474 e. The van der Waals surface area contributed by atoms with E-state index in [4.69, 9.17) is 0 Å². The zero-order valence-electron chi connectivity index (χ0n) is 9.75. The molecule has 88 valence electrons. The normalized spacial score (nSPS) is 26.2. The summed E-state index contributed by atoms with van der Waals surface area (Å²) in [6.07, 6.45) is 10.9. The van der Waals surface area contributed by atoms with Crippen molar-refractivity contribution in [2.45, 2.75) is 57.4 Å². The van der Waals surface area contributed by atoms with Gasteiger partial charge in [-0.25, -0.2) is 0 Å². The Hall–Kier alpha value is -0.0800. The fourth-order valence-electron chi connectivity index (χ4n) is 2.92. The molecule has 0 aromatic rings. The third-order valence-electron chi connectivity index (χ3n) is 4.32. The lowest BCUT2D eigenvalue weighted by molar-refractivity contribution is 0.137. The third-order valence-corrected chi connectivity index (χ3v) is 4.32. The van der Waals surface area contributed by atoms with Crippen LogP contribution in [0.4, 0.5) is 0 Å². The highest BCUT2D eigenvalue weighted by atomic mass is 16.3. The largest absolute Gasteiger partial charge is 0.396 e. The smallest absolute Gasteiger partial charge is 0.0474 e. The first kappa shape index (κ1) is 11.4. The highest BCUT2D eigenvalue weighted by Gasteiger charge is 2.24. The van der Waals surface area contributed by atoms with Gasteiger partial charge in [0.25, 0.3) is 0 Å². The van der Waals surface area contributed by atoms with Gasteiger partial charge in [0.2, 0.25) is 0 Å². The number of nitrogens with one attached hydrogen (secondary N) is 1. The van der Waals surface area contributed by atoms with Gasteiger partial charge in [-0.15, -0.1) is 0 Å². The van der Waals surface area contributed by atoms with Crippen molar-refractivity contribution in [3.63, 3.8) is 0 Å². The Morgan fingerprint density at radius 1 is 1.00 bits per heavy atom. The van der Waals surface area contributed by atoms with Gasteiger partial charge < -0.3 is 10.4 Å². The molecule has 2 aliphatic rings. The first-order chi connectivity index (χ1) is 7.40. The Balaban J connectivity index is 1.69. The molecule has 2 rings (SSSR count). The molecule has 1 unspecified atom stereocenters. The highest BCUT2D eigenvalue weighted by Crippen LogP contribution is 2.30. The Kier molecular flexibility index (Phi) is 4.45. The van der Waals surface area contributed by atoms with Crippen molar-refractivity contribution >= 4 is 0 Å². The molecule has 0 aliphatic heterocycles. The average molecular weight is 211 g/mol. The second-order valence-electron chi connectivity index (χ2n) is 5.38. The van der Waals surface area contributed by atoms with E-state index in [9.17, 15) is 5.11 Å². The van der Waals surface area contributed by atoms with E-state index in [1.807, 2.05) is 0 Å². The zero-order valence-corrected chi connectivity index (χ0v) is 9.75. The molecular weight excluding hydrogens is 186 g/mol. The molecule has 0 aromatic heterocycles. The van der Waals surface area contributed by atoms with Crippen molar-refractivity contribution in [1.82, 2.24) is 5.32 Å².